The summed E-state index contributed by atoms with van der Waals surface area (Å²) in [5.41, 5.74) is 0.885. The molecule has 2 aliphatic heterocycles. The van der Waals surface area contributed by atoms with Crippen molar-refractivity contribution in [2.24, 2.45) is 5.92 Å². The van der Waals surface area contributed by atoms with E-state index in [0.717, 1.165) is 12.3 Å². The van der Waals surface area contributed by atoms with E-state index in [1.54, 1.807) is 28.0 Å². The number of anilines is 2. The molecule has 10 heteroatoms. The van der Waals surface area contributed by atoms with Gasteiger partial charge in [0.1, 0.15) is 5.60 Å². The lowest BCUT2D eigenvalue weighted by atomic mass is 10.1. The van der Waals surface area contributed by atoms with Gasteiger partial charge in [-0.15, -0.1) is 0 Å². The van der Waals surface area contributed by atoms with Crippen LogP contribution < -0.4 is 20.9 Å². The van der Waals surface area contributed by atoms with Crippen molar-refractivity contribution < 1.29 is 23.9 Å². The van der Waals surface area contributed by atoms with Crippen molar-refractivity contribution in [3.05, 3.63) is 23.8 Å². The van der Waals surface area contributed by atoms with E-state index in [4.69, 9.17) is 4.74 Å². The number of ether oxygens (including phenoxy) is 1. The summed E-state index contributed by atoms with van der Waals surface area (Å²) < 4.78 is 5.45. The van der Waals surface area contributed by atoms with E-state index in [2.05, 4.69) is 16.0 Å². The second-order valence-electron chi connectivity index (χ2n) is 11.4. The number of nitrogens with zero attached hydrogens (tertiary/aromatic N) is 2. The summed E-state index contributed by atoms with van der Waals surface area (Å²) in [6, 6.07) is 4.26. The third-order valence-electron chi connectivity index (χ3n) is 6.94. The molecule has 1 saturated heterocycles. The maximum atomic E-state index is 13.4. The van der Waals surface area contributed by atoms with E-state index in [1.165, 1.54) is 12.8 Å². The summed E-state index contributed by atoms with van der Waals surface area (Å²) in [7, 11) is 0. The van der Waals surface area contributed by atoms with Crippen molar-refractivity contribution in [1.82, 2.24) is 15.5 Å². The Morgan fingerprint density at radius 2 is 1.81 bits per heavy atom. The topological polar surface area (TPSA) is 120 Å². The Kier molecular flexibility index (Phi) is 7.94. The molecule has 3 N–H and O–H groups in total. The molecule has 4 rings (SSSR count). The fraction of sp³-hybridized carbons (Fsp3) is 0.630. The molecule has 2 heterocycles. The highest BCUT2D eigenvalue weighted by molar-refractivity contribution is 6.06. The number of hydrogen-bond acceptors (Lipinski definition) is 5. The molecular formula is C27H39N5O5. The predicted octanol–water partition coefficient (Wildman–Crippen LogP) is 3.86. The zero-order valence-corrected chi connectivity index (χ0v) is 22.3. The molecule has 1 aromatic carbocycles. The Hall–Kier alpha value is -3.30. The van der Waals surface area contributed by atoms with Crippen LogP contribution in [0.15, 0.2) is 18.2 Å². The molecule has 0 spiro atoms. The van der Waals surface area contributed by atoms with Gasteiger partial charge in [0.05, 0.1) is 11.4 Å². The third kappa shape index (κ3) is 7.14. The van der Waals surface area contributed by atoms with Crippen molar-refractivity contribution in [3.8, 4) is 0 Å². The molecule has 3 aliphatic rings. The molecular weight excluding hydrogens is 474 g/mol. The van der Waals surface area contributed by atoms with Gasteiger partial charge in [-0.25, -0.2) is 9.59 Å². The first kappa shape index (κ1) is 26.8. The fourth-order valence-electron chi connectivity index (χ4n) is 4.77. The zero-order chi connectivity index (χ0) is 26.7. The van der Waals surface area contributed by atoms with Gasteiger partial charge < -0.3 is 25.6 Å². The first-order valence-corrected chi connectivity index (χ1v) is 13.3. The summed E-state index contributed by atoms with van der Waals surface area (Å²) in [6.45, 7) is 8.95. The standard InChI is InChI=1S/C27H39N5O5/c1-17-15-23(33)30-21-16-19(24(34)28-12-9-18-5-6-18)7-8-22(21)32(17)25(35)29-20-10-13-31(14-11-20)26(36)37-27(2,3)4/h7-8,16-18,20H,5-6,9-15H2,1-4H3,(H,28,34)(H,29,35)(H,30,33)/t17-/m0/s1. The van der Waals surface area contributed by atoms with Gasteiger partial charge in [0.15, 0.2) is 0 Å². The molecule has 0 bridgehead atoms. The Bertz CT molecular complexity index is 1040. The molecule has 1 saturated carbocycles. The van der Waals surface area contributed by atoms with Crippen LogP contribution in [0.25, 0.3) is 0 Å². The maximum Gasteiger partial charge on any atom is 0.410 e. The summed E-state index contributed by atoms with van der Waals surface area (Å²) in [5.74, 6) is 0.327. The SMILES string of the molecule is C[C@H]1CC(=O)Nc2cc(C(=O)NCCC3CC3)ccc2N1C(=O)NC1CCN(C(=O)OC(C)(C)C)CC1. The molecule has 10 nitrogen and oxygen atoms in total. The van der Waals surface area contributed by atoms with Gasteiger partial charge in [-0.2, -0.15) is 0 Å². The Morgan fingerprint density at radius 3 is 2.46 bits per heavy atom. The minimum Gasteiger partial charge on any atom is -0.444 e. The second kappa shape index (κ2) is 11.0. The van der Waals surface area contributed by atoms with Crippen LogP contribution in [0.4, 0.5) is 21.0 Å². The molecule has 5 amide bonds. The Labute approximate surface area is 218 Å². The number of carbonyl (C=O) groups excluding carboxylic acids is 4. The van der Waals surface area contributed by atoms with Crippen molar-refractivity contribution >= 4 is 35.3 Å². The number of piperidine rings is 1. The largest absolute Gasteiger partial charge is 0.444 e. The molecule has 202 valence electrons. The van der Waals surface area contributed by atoms with Crippen LogP contribution in [-0.4, -0.2) is 66.2 Å². The molecule has 0 unspecified atom stereocenters. The molecule has 2 fully saturated rings. The lowest BCUT2D eigenvalue weighted by molar-refractivity contribution is -0.116. The monoisotopic (exact) mass is 513 g/mol. The van der Waals surface area contributed by atoms with Crippen molar-refractivity contribution in [2.75, 3.05) is 29.9 Å². The summed E-state index contributed by atoms with van der Waals surface area (Å²) in [5, 5.41) is 8.88. The number of likely N-dealkylation sites (tertiary alicyclic amines) is 1. The van der Waals surface area contributed by atoms with Crippen LogP contribution in [0.5, 0.6) is 0 Å². The third-order valence-corrected chi connectivity index (χ3v) is 6.94. The van der Waals surface area contributed by atoms with Gasteiger partial charge in [0, 0.05) is 43.7 Å². The van der Waals surface area contributed by atoms with Crippen LogP contribution in [0, 0.1) is 5.92 Å². The fourth-order valence-corrected chi connectivity index (χ4v) is 4.77. The predicted molar refractivity (Wildman–Crippen MR) is 141 cm³/mol. The Morgan fingerprint density at radius 1 is 1.11 bits per heavy atom. The number of rotatable bonds is 5. The number of hydrogen-bond donors (Lipinski definition) is 3. The number of fused-ring (bicyclic) bond motifs is 1. The molecule has 1 aromatic rings. The van der Waals surface area contributed by atoms with Gasteiger partial charge in [-0.05, 0) is 71.1 Å². The van der Waals surface area contributed by atoms with Gasteiger partial charge in [-0.1, -0.05) is 12.8 Å². The van der Waals surface area contributed by atoms with Crippen LogP contribution in [0.1, 0.15) is 76.6 Å². The quantitative estimate of drug-likeness (QED) is 0.552. The van der Waals surface area contributed by atoms with E-state index in [1.807, 2.05) is 27.7 Å². The van der Waals surface area contributed by atoms with E-state index >= 15 is 0 Å². The normalized spacial score (nSPS) is 20.4. The molecule has 1 aliphatic carbocycles. The number of nitrogens with one attached hydrogen (secondary N) is 3. The van der Waals surface area contributed by atoms with Crippen LogP contribution in [-0.2, 0) is 9.53 Å². The summed E-state index contributed by atoms with van der Waals surface area (Å²) >= 11 is 0. The number of amides is 5. The molecule has 1 atom stereocenters. The summed E-state index contributed by atoms with van der Waals surface area (Å²) in [6.07, 6.45) is 4.47. The maximum absolute atomic E-state index is 13.4. The number of urea groups is 1. The van der Waals surface area contributed by atoms with Gasteiger partial charge in [0.2, 0.25) is 5.91 Å². The van der Waals surface area contributed by atoms with Gasteiger partial charge >= 0.3 is 12.1 Å². The average Bonchev–Trinajstić information content (AvgIpc) is 3.64. The smallest absolute Gasteiger partial charge is 0.410 e. The first-order chi connectivity index (χ1) is 17.5. The highest BCUT2D eigenvalue weighted by atomic mass is 16.6. The minimum atomic E-state index is -0.555. The number of carbonyl (C=O) groups is 4. The van der Waals surface area contributed by atoms with Gasteiger partial charge in [-0.3, -0.25) is 14.5 Å². The highest BCUT2D eigenvalue weighted by Crippen LogP contribution is 2.33. The first-order valence-electron chi connectivity index (χ1n) is 13.3. The van der Waals surface area contributed by atoms with E-state index in [-0.39, 0.29) is 42.4 Å². The minimum absolute atomic E-state index is 0.106. The van der Waals surface area contributed by atoms with Crippen LogP contribution >= 0.6 is 0 Å². The number of benzene rings is 1. The molecule has 0 aromatic heterocycles. The van der Waals surface area contributed by atoms with Crippen molar-refractivity contribution in [2.45, 2.75) is 83.9 Å². The second-order valence-corrected chi connectivity index (χ2v) is 11.4. The van der Waals surface area contributed by atoms with E-state index in [9.17, 15) is 19.2 Å². The van der Waals surface area contributed by atoms with E-state index in [0.29, 0.717) is 49.4 Å². The van der Waals surface area contributed by atoms with Crippen molar-refractivity contribution in [3.63, 3.8) is 0 Å². The van der Waals surface area contributed by atoms with Crippen LogP contribution in [0.2, 0.25) is 0 Å². The lowest BCUT2D eigenvalue weighted by Crippen LogP contribution is -2.52. The average molecular weight is 514 g/mol. The molecule has 37 heavy (non-hydrogen) atoms. The van der Waals surface area contributed by atoms with Gasteiger partial charge in [0.25, 0.3) is 5.91 Å². The van der Waals surface area contributed by atoms with Crippen molar-refractivity contribution in [1.29, 1.82) is 0 Å². The Balaban J connectivity index is 1.40. The van der Waals surface area contributed by atoms with E-state index < -0.39 is 5.60 Å². The molecule has 0 radical (unpaired) electrons. The summed E-state index contributed by atoms with van der Waals surface area (Å²) in [4.78, 5) is 54.2. The zero-order valence-electron chi connectivity index (χ0n) is 22.3. The lowest BCUT2D eigenvalue weighted by Gasteiger charge is -2.35. The highest BCUT2D eigenvalue weighted by Gasteiger charge is 2.33. The van der Waals surface area contributed by atoms with Crippen LogP contribution in [0.3, 0.4) is 0 Å².